The Morgan fingerprint density at radius 1 is 1.27 bits per heavy atom. The van der Waals surface area contributed by atoms with E-state index in [-0.39, 0.29) is 16.3 Å². The molecule has 8 heteroatoms. The summed E-state index contributed by atoms with van der Waals surface area (Å²) < 4.78 is 0. The van der Waals surface area contributed by atoms with E-state index < -0.39 is 10.9 Å². The Morgan fingerprint density at radius 3 is 2.73 bits per heavy atom. The Hall–Kier alpha value is -2.93. The van der Waals surface area contributed by atoms with Crippen molar-refractivity contribution in [3.63, 3.8) is 0 Å². The van der Waals surface area contributed by atoms with Crippen LogP contribution in [0.1, 0.15) is 15.9 Å². The largest absolute Gasteiger partial charge is 0.545 e. The van der Waals surface area contributed by atoms with Crippen molar-refractivity contribution in [1.29, 1.82) is 0 Å². The molecule has 2 rings (SSSR count). The van der Waals surface area contributed by atoms with Crippen LogP contribution in [-0.4, -0.2) is 17.1 Å². The lowest BCUT2D eigenvalue weighted by molar-refractivity contribution is -0.384. The smallest absolute Gasteiger partial charge is 0.288 e. The highest BCUT2D eigenvalue weighted by molar-refractivity contribution is 6.32. The van der Waals surface area contributed by atoms with Crippen molar-refractivity contribution in [3.8, 4) is 0 Å². The number of hydrazone groups is 1. The Morgan fingerprint density at radius 2 is 2.05 bits per heavy atom. The maximum Gasteiger partial charge on any atom is 0.288 e. The van der Waals surface area contributed by atoms with Crippen LogP contribution in [0.5, 0.6) is 0 Å². The number of hydrogen-bond acceptors (Lipinski definition) is 6. The van der Waals surface area contributed by atoms with E-state index in [4.69, 9.17) is 11.6 Å². The first-order chi connectivity index (χ1) is 10.5. The third kappa shape index (κ3) is 3.80. The summed E-state index contributed by atoms with van der Waals surface area (Å²) in [6.45, 7) is 0. The van der Waals surface area contributed by atoms with Crippen molar-refractivity contribution in [3.05, 3.63) is 68.7 Å². The van der Waals surface area contributed by atoms with Crippen molar-refractivity contribution in [2.75, 3.05) is 5.43 Å². The van der Waals surface area contributed by atoms with Gasteiger partial charge in [-0.25, -0.2) is 0 Å². The molecule has 0 saturated carbocycles. The first-order valence-corrected chi connectivity index (χ1v) is 6.39. The van der Waals surface area contributed by atoms with E-state index in [0.29, 0.717) is 11.3 Å². The van der Waals surface area contributed by atoms with Gasteiger partial charge in [0.05, 0.1) is 22.8 Å². The topological polar surface area (TPSA) is 108 Å². The summed E-state index contributed by atoms with van der Waals surface area (Å²) in [7, 11) is 0. The predicted molar refractivity (Wildman–Crippen MR) is 80.1 cm³/mol. The van der Waals surface area contributed by atoms with Crippen LogP contribution in [0.4, 0.5) is 11.4 Å². The maximum absolute atomic E-state index is 10.8. The van der Waals surface area contributed by atoms with Crippen LogP contribution in [0, 0.1) is 10.1 Å². The van der Waals surface area contributed by atoms with Crippen LogP contribution in [-0.2, 0) is 0 Å². The number of carboxylic acids is 1. The van der Waals surface area contributed by atoms with Gasteiger partial charge in [0.1, 0.15) is 5.02 Å². The molecule has 1 N–H and O–H groups in total. The number of rotatable bonds is 5. The standard InChI is InChI=1S/C14H10ClN3O4/c15-12-5-4-9(6-13(12)18(21)22)8-16-17-11-3-1-2-10(7-11)14(19)20/h1-8,17H,(H,19,20)/p-1/b16-8-. The minimum atomic E-state index is -1.29. The Bertz CT molecular complexity index is 762. The predicted octanol–water partition coefficient (Wildman–Crippen LogP) is 2.06. The normalized spacial score (nSPS) is 10.6. The summed E-state index contributed by atoms with van der Waals surface area (Å²) in [6, 6.07) is 10.2. The molecule has 0 amide bonds. The van der Waals surface area contributed by atoms with Gasteiger partial charge in [0.15, 0.2) is 0 Å². The molecule has 0 aliphatic carbocycles. The molecule has 0 radical (unpaired) electrons. The zero-order valence-corrected chi connectivity index (χ0v) is 11.8. The van der Waals surface area contributed by atoms with Crippen molar-refractivity contribution in [2.45, 2.75) is 0 Å². The van der Waals surface area contributed by atoms with Crippen molar-refractivity contribution in [2.24, 2.45) is 5.10 Å². The van der Waals surface area contributed by atoms with Gasteiger partial charge < -0.3 is 9.90 Å². The molecule has 0 aromatic heterocycles. The van der Waals surface area contributed by atoms with Gasteiger partial charge in [0.25, 0.3) is 5.69 Å². The number of nitro benzene ring substituents is 1. The summed E-state index contributed by atoms with van der Waals surface area (Å²) in [5.74, 6) is -1.29. The number of nitro groups is 1. The zero-order valence-electron chi connectivity index (χ0n) is 11.0. The number of hydrogen-bond donors (Lipinski definition) is 1. The van der Waals surface area contributed by atoms with E-state index in [0.717, 1.165) is 0 Å². The molecule has 0 fully saturated rings. The van der Waals surface area contributed by atoms with E-state index in [1.165, 1.54) is 36.5 Å². The molecule has 112 valence electrons. The minimum Gasteiger partial charge on any atom is -0.545 e. The highest BCUT2D eigenvalue weighted by Crippen LogP contribution is 2.24. The molecule has 0 bridgehead atoms. The summed E-state index contributed by atoms with van der Waals surface area (Å²) in [5.41, 5.74) is 3.34. The highest BCUT2D eigenvalue weighted by Gasteiger charge is 2.11. The van der Waals surface area contributed by atoms with E-state index in [1.54, 1.807) is 12.1 Å². The van der Waals surface area contributed by atoms with Crippen LogP contribution in [0.3, 0.4) is 0 Å². The van der Waals surface area contributed by atoms with Crippen LogP contribution < -0.4 is 10.5 Å². The number of carbonyl (C=O) groups is 1. The quantitative estimate of drug-likeness (QED) is 0.515. The molecule has 0 saturated heterocycles. The molecule has 0 aliphatic heterocycles. The fourth-order valence-corrected chi connectivity index (χ4v) is 1.83. The molecule has 7 nitrogen and oxygen atoms in total. The zero-order chi connectivity index (χ0) is 16.1. The average molecular weight is 319 g/mol. The summed E-state index contributed by atoms with van der Waals surface area (Å²) in [6.07, 6.45) is 1.36. The van der Waals surface area contributed by atoms with E-state index in [2.05, 4.69) is 10.5 Å². The summed E-state index contributed by atoms with van der Waals surface area (Å²) in [4.78, 5) is 20.9. The number of carboxylic acid groups (broad SMARTS) is 1. The number of halogens is 1. The first kappa shape index (κ1) is 15.5. The maximum atomic E-state index is 10.8. The van der Waals surface area contributed by atoms with Crippen molar-refractivity contribution in [1.82, 2.24) is 0 Å². The van der Waals surface area contributed by atoms with E-state index in [1.807, 2.05) is 0 Å². The van der Waals surface area contributed by atoms with Gasteiger partial charge in [-0.3, -0.25) is 15.5 Å². The van der Waals surface area contributed by atoms with Gasteiger partial charge in [-0.2, -0.15) is 5.10 Å². The fraction of sp³-hybridized carbons (Fsp3) is 0. The molecule has 0 spiro atoms. The Labute approximate surface area is 130 Å². The number of nitrogens with zero attached hydrogens (tertiary/aromatic N) is 2. The molecular formula is C14H9ClN3O4-. The highest BCUT2D eigenvalue weighted by atomic mass is 35.5. The van der Waals surface area contributed by atoms with Gasteiger partial charge in [0, 0.05) is 11.6 Å². The molecule has 0 unspecified atom stereocenters. The third-order valence-corrected chi connectivity index (χ3v) is 2.99. The van der Waals surface area contributed by atoms with E-state index in [9.17, 15) is 20.0 Å². The number of carbonyl (C=O) groups excluding carboxylic acids is 1. The van der Waals surface area contributed by atoms with Crippen molar-refractivity contribution >= 4 is 35.2 Å². The molecule has 2 aromatic rings. The third-order valence-electron chi connectivity index (χ3n) is 2.67. The Balaban J connectivity index is 2.13. The molecule has 22 heavy (non-hydrogen) atoms. The van der Waals surface area contributed by atoms with Crippen LogP contribution in [0.2, 0.25) is 5.02 Å². The molecule has 2 aromatic carbocycles. The number of aromatic carboxylic acids is 1. The SMILES string of the molecule is O=C([O-])c1cccc(N/N=C\c2ccc(Cl)c([N+](=O)[O-])c2)c1. The fourth-order valence-electron chi connectivity index (χ4n) is 1.65. The second-order valence-electron chi connectivity index (χ2n) is 4.21. The van der Waals surface area contributed by atoms with Gasteiger partial charge in [-0.1, -0.05) is 29.8 Å². The van der Waals surface area contributed by atoms with Gasteiger partial charge in [-0.15, -0.1) is 0 Å². The van der Waals surface area contributed by atoms with Gasteiger partial charge in [-0.05, 0) is 23.8 Å². The molecule has 0 heterocycles. The van der Waals surface area contributed by atoms with Crippen LogP contribution in [0.25, 0.3) is 0 Å². The lowest BCUT2D eigenvalue weighted by Gasteiger charge is -2.05. The van der Waals surface area contributed by atoms with Gasteiger partial charge in [0.2, 0.25) is 0 Å². The second-order valence-corrected chi connectivity index (χ2v) is 4.61. The number of anilines is 1. The lowest BCUT2D eigenvalue weighted by atomic mass is 10.2. The van der Waals surface area contributed by atoms with Crippen LogP contribution in [0.15, 0.2) is 47.6 Å². The molecular weight excluding hydrogens is 310 g/mol. The Kier molecular flexibility index (Phi) is 4.70. The average Bonchev–Trinajstić information content (AvgIpc) is 2.49. The number of nitrogens with one attached hydrogen (secondary N) is 1. The monoisotopic (exact) mass is 318 g/mol. The lowest BCUT2D eigenvalue weighted by Crippen LogP contribution is -2.22. The minimum absolute atomic E-state index is 0.0160. The first-order valence-electron chi connectivity index (χ1n) is 6.02. The molecule has 0 aliphatic rings. The number of benzene rings is 2. The van der Waals surface area contributed by atoms with E-state index >= 15 is 0 Å². The summed E-state index contributed by atoms with van der Waals surface area (Å²) >= 11 is 5.70. The van der Waals surface area contributed by atoms with Gasteiger partial charge >= 0.3 is 0 Å². The van der Waals surface area contributed by atoms with Crippen LogP contribution >= 0.6 is 11.6 Å². The van der Waals surface area contributed by atoms with Crippen molar-refractivity contribution < 1.29 is 14.8 Å². The molecule has 0 atom stereocenters. The summed E-state index contributed by atoms with van der Waals surface area (Å²) in [5, 5.41) is 25.4. The second kappa shape index (κ2) is 6.68.